The van der Waals surface area contributed by atoms with Gasteiger partial charge in [-0.2, -0.15) is 13.5 Å². The van der Waals surface area contributed by atoms with Crippen LogP contribution in [0, 0.1) is 12.8 Å². The monoisotopic (exact) mass is 509 g/mol. The molecule has 1 saturated heterocycles. The molecule has 1 aliphatic rings. The Labute approximate surface area is 204 Å². The number of aryl methyl sites for hydroxylation is 1. The fourth-order valence-corrected chi connectivity index (χ4v) is 5.12. The van der Waals surface area contributed by atoms with Gasteiger partial charge in [0.05, 0.1) is 18.2 Å². The molecule has 0 saturated carbocycles. The highest BCUT2D eigenvalue weighted by atomic mass is 35.5. The maximum Gasteiger partial charge on any atom is 0.342 e. The van der Waals surface area contributed by atoms with Crippen LogP contribution >= 0.6 is 11.6 Å². The highest BCUT2D eigenvalue weighted by molar-refractivity contribution is 7.87. The number of benzene rings is 2. The molecule has 0 bridgehead atoms. The Bertz CT molecular complexity index is 1150. The van der Waals surface area contributed by atoms with Crippen LogP contribution in [-0.4, -0.2) is 51.9 Å². The third-order valence-corrected chi connectivity index (χ3v) is 7.16. The quantitative estimate of drug-likeness (QED) is 0.136. The van der Waals surface area contributed by atoms with E-state index in [1.54, 1.807) is 32.3 Å². The molecule has 184 valence electrons. The van der Waals surface area contributed by atoms with Gasteiger partial charge in [-0.3, -0.25) is 0 Å². The molecule has 0 atom stereocenters. The summed E-state index contributed by atoms with van der Waals surface area (Å²) in [6.45, 7) is 5.53. The van der Waals surface area contributed by atoms with Gasteiger partial charge in [-0.1, -0.05) is 23.7 Å². The van der Waals surface area contributed by atoms with Crippen LogP contribution in [0.4, 0.5) is 0 Å². The van der Waals surface area contributed by atoms with E-state index in [1.807, 2.05) is 4.90 Å². The van der Waals surface area contributed by atoms with Gasteiger partial charge in [0, 0.05) is 19.2 Å². The van der Waals surface area contributed by atoms with Gasteiger partial charge in [0.1, 0.15) is 22.5 Å². The zero-order valence-corrected chi connectivity index (χ0v) is 20.6. The van der Waals surface area contributed by atoms with E-state index in [1.165, 1.54) is 24.3 Å². The van der Waals surface area contributed by atoms with Crippen LogP contribution in [-0.2, 0) is 14.9 Å². The summed E-state index contributed by atoms with van der Waals surface area (Å²) in [5, 5.41) is 3.56. The number of carbonyl (C=O) groups is 1. The van der Waals surface area contributed by atoms with Crippen LogP contribution in [0.3, 0.4) is 0 Å². The third-order valence-electron chi connectivity index (χ3n) is 5.42. The molecule has 3 rings (SSSR count). The van der Waals surface area contributed by atoms with Crippen molar-refractivity contribution in [3.8, 4) is 11.5 Å². The molecule has 0 radical (unpaired) electrons. The number of nitrogens with two attached hydrogens (primary N) is 1. The molecule has 0 aliphatic carbocycles. The van der Waals surface area contributed by atoms with Gasteiger partial charge in [0.25, 0.3) is 0 Å². The molecule has 1 fully saturated rings. The summed E-state index contributed by atoms with van der Waals surface area (Å²) in [4.78, 5) is 14.4. The Balaban J connectivity index is 1.85. The number of hydrogen-bond donors (Lipinski definition) is 1. The van der Waals surface area contributed by atoms with Crippen molar-refractivity contribution in [2.24, 2.45) is 16.9 Å². The molecule has 1 aliphatic heterocycles. The first-order valence-corrected chi connectivity index (χ1v) is 12.6. The summed E-state index contributed by atoms with van der Waals surface area (Å²) in [6.07, 6.45) is 3.42. The van der Waals surface area contributed by atoms with Crippen molar-refractivity contribution in [1.82, 2.24) is 4.90 Å². The number of hydrazone groups is 1. The second kappa shape index (κ2) is 11.4. The van der Waals surface area contributed by atoms with Gasteiger partial charge in [0.15, 0.2) is 5.75 Å². The molecule has 2 N–H and O–H groups in total. The third kappa shape index (κ3) is 6.32. The summed E-state index contributed by atoms with van der Waals surface area (Å²) in [7, 11) is -4.32. The van der Waals surface area contributed by atoms with Crippen molar-refractivity contribution in [1.29, 1.82) is 0 Å². The molecule has 9 nitrogen and oxygen atoms in total. The molecule has 1 heterocycles. The summed E-state index contributed by atoms with van der Waals surface area (Å²) >= 11 is 6.06. The average molecular weight is 510 g/mol. The molecule has 2 aromatic carbocycles. The predicted molar refractivity (Wildman–Crippen MR) is 129 cm³/mol. The Kier molecular flexibility index (Phi) is 8.62. The Hall–Kier alpha value is -2.98. The lowest BCUT2D eigenvalue weighted by molar-refractivity contribution is 0.0523. The number of likely N-dealkylation sites (tertiary alicyclic amines) is 1. The first-order chi connectivity index (χ1) is 16.2. The van der Waals surface area contributed by atoms with Crippen LogP contribution in [0.2, 0.25) is 5.02 Å². The zero-order valence-electron chi connectivity index (χ0n) is 19.1. The van der Waals surface area contributed by atoms with E-state index < -0.39 is 16.1 Å². The van der Waals surface area contributed by atoms with Gasteiger partial charge >= 0.3 is 16.1 Å². The Morgan fingerprint density at radius 1 is 1.26 bits per heavy atom. The van der Waals surface area contributed by atoms with Crippen LogP contribution in [0.5, 0.6) is 11.5 Å². The summed E-state index contributed by atoms with van der Waals surface area (Å²) in [5.74, 6) is 5.04. The van der Waals surface area contributed by atoms with E-state index in [0.29, 0.717) is 23.8 Å². The lowest BCUT2D eigenvalue weighted by Gasteiger charge is -2.30. The largest absolute Gasteiger partial charge is 0.493 e. The second-order valence-corrected chi connectivity index (χ2v) is 9.78. The number of ether oxygens (including phenoxy) is 2. The Morgan fingerprint density at radius 3 is 2.62 bits per heavy atom. The van der Waals surface area contributed by atoms with Crippen LogP contribution in [0.25, 0.3) is 0 Å². The second-order valence-electron chi connectivity index (χ2n) is 7.86. The summed E-state index contributed by atoms with van der Waals surface area (Å²) < 4.78 is 42.4. The van der Waals surface area contributed by atoms with Crippen molar-refractivity contribution in [3.63, 3.8) is 0 Å². The molecular weight excluding hydrogens is 482 g/mol. The van der Waals surface area contributed by atoms with Crippen molar-refractivity contribution >= 4 is 34.0 Å². The number of nitrogens with zero attached hydrogens (tertiary/aromatic N) is 2. The van der Waals surface area contributed by atoms with Gasteiger partial charge in [-0.05, 0) is 56.4 Å². The molecule has 34 heavy (non-hydrogen) atoms. The number of carbonyl (C=O) groups excluding carboxylic acids is 1. The fraction of sp³-hybridized carbons (Fsp3) is 0.391. The highest BCUT2D eigenvalue weighted by Gasteiger charge is 2.26. The van der Waals surface area contributed by atoms with Crippen molar-refractivity contribution in [2.75, 3.05) is 26.3 Å². The zero-order chi connectivity index (χ0) is 24.7. The lowest BCUT2D eigenvalue weighted by atomic mass is 9.98. The van der Waals surface area contributed by atoms with Gasteiger partial charge in [-0.15, -0.1) is 0 Å². The maximum atomic E-state index is 12.9. The summed E-state index contributed by atoms with van der Waals surface area (Å²) in [5.41, 5.74) is 0.480. The average Bonchev–Trinajstić information content (AvgIpc) is 2.78. The minimum absolute atomic E-state index is 0.00957. The SMILES string of the molecule is CCOC(=O)c1c(C)cc(OCC2CCN(C=NN)CC2)cc1OS(=O)(=O)c1ccccc1Cl. The van der Waals surface area contributed by atoms with Gasteiger partial charge in [-0.25, -0.2) is 4.79 Å². The van der Waals surface area contributed by atoms with Crippen molar-refractivity contribution in [2.45, 2.75) is 31.6 Å². The lowest BCUT2D eigenvalue weighted by Crippen LogP contribution is -2.34. The van der Waals surface area contributed by atoms with E-state index in [9.17, 15) is 13.2 Å². The van der Waals surface area contributed by atoms with Crippen molar-refractivity contribution < 1.29 is 26.9 Å². The number of piperidine rings is 1. The summed E-state index contributed by atoms with van der Waals surface area (Å²) in [6, 6.07) is 8.97. The minimum atomic E-state index is -4.32. The molecule has 0 amide bonds. The van der Waals surface area contributed by atoms with Crippen molar-refractivity contribution in [3.05, 3.63) is 52.5 Å². The molecule has 0 aromatic heterocycles. The number of hydrogen-bond acceptors (Lipinski definition) is 8. The Morgan fingerprint density at radius 2 is 1.97 bits per heavy atom. The maximum absolute atomic E-state index is 12.9. The molecule has 11 heteroatoms. The minimum Gasteiger partial charge on any atom is -0.493 e. The van der Waals surface area contributed by atoms with E-state index >= 15 is 0 Å². The van der Waals surface area contributed by atoms with Crippen LogP contribution in [0.1, 0.15) is 35.7 Å². The van der Waals surface area contributed by atoms with E-state index in [4.69, 9.17) is 31.1 Å². The number of esters is 1. The van der Waals surface area contributed by atoms with Crippen LogP contribution < -0.4 is 14.8 Å². The number of halogens is 1. The van der Waals surface area contributed by atoms with Gasteiger partial charge in [0.2, 0.25) is 0 Å². The number of rotatable bonds is 9. The molecule has 0 unspecified atom stereocenters. The first kappa shape index (κ1) is 25.6. The van der Waals surface area contributed by atoms with E-state index in [-0.39, 0.29) is 27.8 Å². The normalized spacial score (nSPS) is 14.9. The smallest absolute Gasteiger partial charge is 0.342 e. The molecule has 0 spiro atoms. The highest BCUT2D eigenvalue weighted by Crippen LogP contribution is 2.33. The molecular formula is C23H28ClN3O6S. The standard InChI is InChI=1S/C23H28ClN3O6S/c1-3-31-23(28)22-16(2)12-18(32-14-17-8-10-27(11-9-17)15-26-25)13-20(22)33-34(29,30)21-7-5-4-6-19(21)24/h4-7,12-13,15,17H,3,8-11,14,25H2,1-2H3. The topological polar surface area (TPSA) is 121 Å². The molecule has 2 aromatic rings. The van der Waals surface area contributed by atoms with E-state index in [0.717, 1.165) is 25.9 Å². The first-order valence-electron chi connectivity index (χ1n) is 10.9. The fourth-order valence-electron chi connectivity index (χ4n) is 3.69. The van der Waals surface area contributed by atoms with E-state index in [2.05, 4.69) is 5.10 Å². The van der Waals surface area contributed by atoms with Crippen LogP contribution in [0.15, 0.2) is 46.4 Å². The van der Waals surface area contributed by atoms with Gasteiger partial charge < -0.3 is 24.4 Å². The predicted octanol–water partition coefficient (Wildman–Crippen LogP) is 3.59.